The van der Waals surface area contributed by atoms with Gasteiger partial charge in [-0.1, -0.05) is 24.3 Å². The van der Waals surface area contributed by atoms with Crippen molar-refractivity contribution in [2.45, 2.75) is 44.6 Å². The van der Waals surface area contributed by atoms with Gasteiger partial charge in [-0.2, -0.15) is 0 Å². The molecule has 0 amide bonds. The van der Waals surface area contributed by atoms with E-state index in [9.17, 15) is 5.11 Å². The lowest BCUT2D eigenvalue weighted by atomic mass is 9.96. The van der Waals surface area contributed by atoms with Crippen LogP contribution in [0.1, 0.15) is 43.7 Å². The lowest BCUT2D eigenvalue weighted by Crippen LogP contribution is -2.39. The van der Waals surface area contributed by atoms with E-state index in [1.807, 2.05) is 18.2 Å². The topological polar surface area (TPSA) is 65.9 Å². The summed E-state index contributed by atoms with van der Waals surface area (Å²) < 4.78 is 5.66. The molecular formula is C20H32IN3O2. The molecule has 2 aliphatic carbocycles. The third-order valence-electron chi connectivity index (χ3n) is 4.98. The molecule has 1 atom stereocenters. The normalized spacial score (nSPS) is 21.8. The van der Waals surface area contributed by atoms with E-state index in [0.29, 0.717) is 6.54 Å². The molecule has 3 rings (SSSR count). The van der Waals surface area contributed by atoms with Crippen molar-refractivity contribution >= 4 is 29.9 Å². The monoisotopic (exact) mass is 473 g/mol. The molecule has 2 aliphatic rings. The van der Waals surface area contributed by atoms with Crippen LogP contribution in [0.3, 0.4) is 0 Å². The summed E-state index contributed by atoms with van der Waals surface area (Å²) in [6.45, 7) is 5.78. The standard InChI is InChI=1S/C20H31N3O2.HI/c1-2-21-19(22-12-5-13-25-14-16-8-9-16)23-15-20(24)11-10-17-6-3-4-7-18(17)20;/h3-4,6-7,16,24H,2,5,8-15H2,1H3,(H2,21,22,23);1H. The molecule has 0 radical (unpaired) electrons. The third kappa shape index (κ3) is 6.09. The molecule has 0 aliphatic heterocycles. The molecule has 5 nitrogen and oxygen atoms in total. The Balaban J connectivity index is 0.00000243. The first kappa shape index (κ1) is 21.4. The molecule has 0 saturated heterocycles. The highest BCUT2D eigenvalue weighted by Gasteiger charge is 2.36. The van der Waals surface area contributed by atoms with Crippen molar-refractivity contribution in [3.8, 4) is 0 Å². The third-order valence-corrected chi connectivity index (χ3v) is 4.98. The molecule has 6 heteroatoms. The average molecular weight is 473 g/mol. The Bertz CT molecular complexity index is 592. The van der Waals surface area contributed by atoms with Gasteiger partial charge in [-0.25, -0.2) is 4.99 Å². The van der Waals surface area contributed by atoms with Crippen LogP contribution in [0.5, 0.6) is 0 Å². The largest absolute Gasteiger partial charge is 0.383 e. The minimum Gasteiger partial charge on any atom is -0.383 e. The van der Waals surface area contributed by atoms with E-state index in [-0.39, 0.29) is 24.0 Å². The minimum absolute atomic E-state index is 0. The van der Waals surface area contributed by atoms with E-state index in [1.54, 1.807) is 0 Å². The van der Waals surface area contributed by atoms with E-state index in [4.69, 9.17) is 4.74 Å². The van der Waals surface area contributed by atoms with Crippen LogP contribution in [0.25, 0.3) is 0 Å². The fraction of sp³-hybridized carbons (Fsp3) is 0.650. The Morgan fingerprint density at radius 1 is 1.31 bits per heavy atom. The Morgan fingerprint density at radius 3 is 2.88 bits per heavy atom. The summed E-state index contributed by atoms with van der Waals surface area (Å²) in [6.07, 6.45) is 5.29. The van der Waals surface area contributed by atoms with Crippen molar-refractivity contribution in [3.63, 3.8) is 0 Å². The van der Waals surface area contributed by atoms with E-state index < -0.39 is 5.60 Å². The van der Waals surface area contributed by atoms with Gasteiger partial charge in [0.2, 0.25) is 0 Å². The molecule has 1 aromatic rings. The van der Waals surface area contributed by atoms with Gasteiger partial charge in [0.05, 0.1) is 6.54 Å². The van der Waals surface area contributed by atoms with Crippen LogP contribution in [0.15, 0.2) is 29.3 Å². The Morgan fingerprint density at radius 2 is 2.12 bits per heavy atom. The highest BCUT2D eigenvalue weighted by molar-refractivity contribution is 14.0. The van der Waals surface area contributed by atoms with Crippen LogP contribution in [0.4, 0.5) is 0 Å². The summed E-state index contributed by atoms with van der Waals surface area (Å²) in [5.74, 6) is 1.59. The summed E-state index contributed by atoms with van der Waals surface area (Å²) in [5.41, 5.74) is 1.43. The number of halogens is 1. The van der Waals surface area contributed by atoms with E-state index in [1.165, 1.54) is 18.4 Å². The number of aryl methyl sites for hydroxylation is 1. The van der Waals surface area contributed by atoms with Gasteiger partial charge in [0.25, 0.3) is 0 Å². The highest BCUT2D eigenvalue weighted by Crippen LogP contribution is 2.36. The molecule has 0 heterocycles. The minimum atomic E-state index is -0.841. The molecule has 3 N–H and O–H groups in total. The quantitative estimate of drug-likeness (QED) is 0.224. The summed E-state index contributed by atoms with van der Waals surface area (Å²) >= 11 is 0. The first-order chi connectivity index (χ1) is 12.2. The lowest BCUT2D eigenvalue weighted by molar-refractivity contribution is 0.0485. The lowest BCUT2D eigenvalue weighted by Gasteiger charge is -2.22. The maximum atomic E-state index is 11.0. The number of nitrogens with one attached hydrogen (secondary N) is 2. The van der Waals surface area contributed by atoms with E-state index in [0.717, 1.165) is 63.0 Å². The van der Waals surface area contributed by atoms with Gasteiger partial charge in [0.15, 0.2) is 5.96 Å². The zero-order valence-electron chi connectivity index (χ0n) is 15.7. The second-order valence-corrected chi connectivity index (χ2v) is 7.18. The number of hydrogen-bond acceptors (Lipinski definition) is 3. The average Bonchev–Trinajstić information content (AvgIpc) is 3.39. The van der Waals surface area contributed by atoms with Gasteiger partial charge in [-0.15, -0.1) is 24.0 Å². The van der Waals surface area contributed by atoms with Gasteiger partial charge in [-0.3, -0.25) is 0 Å². The van der Waals surface area contributed by atoms with Gasteiger partial charge in [0, 0.05) is 26.3 Å². The number of benzene rings is 1. The first-order valence-electron chi connectivity index (χ1n) is 9.62. The Kier molecular flexibility index (Phi) is 8.63. The molecule has 146 valence electrons. The second kappa shape index (κ2) is 10.5. The molecule has 0 spiro atoms. The van der Waals surface area contributed by atoms with Crippen LogP contribution in [-0.2, 0) is 16.8 Å². The van der Waals surface area contributed by atoms with Crippen LogP contribution in [-0.4, -0.2) is 43.9 Å². The predicted octanol–water partition coefficient (Wildman–Crippen LogP) is 2.81. The van der Waals surface area contributed by atoms with Crippen molar-refractivity contribution in [2.75, 3.05) is 32.8 Å². The molecule has 26 heavy (non-hydrogen) atoms. The zero-order chi connectivity index (χ0) is 17.5. The van der Waals surface area contributed by atoms with Crippen molar-refractivity contribution in [1.82, 2.24) is 10.6 Å². The van der Waals surface area contributed by atoms with Crippen molar-refractivity contribution in [1.29, 1.82) is 0 Å². The molecule has 1 unspecified atom stereocenters. The van der Waals surface area contributed by atoms with Crippen LogP contribution in [0, 0.1) is 5.92 Å². The number of aliphatic hydroxyl groups is 1. The number of hydrogen-bond donors (Lipinski definition) is 3. The zero-order valence-corrected chi connectivity index (χ0v) is 18.0. The van der Waals surface area contributed by atoms with Crippen molar-refractivity contribution in [2.24, 2.45) is 10.9 Å². The predicted molar refractivity (Wildman–Crippen MR) is 116 cm³/mol. The fourth-order valence-electron chi connectivity index (χ4n) is 3.30. The molecule has 0 bridgehead atoms. The summed E-state index contributed by atoms with van der Waals surface area (Å²) in [4.78, 5) is 4.63. The summed E-state index contributed by atoms with van der Waals surface area (Å²) in [6, 6.07) is 8.15. The second-order valence-electron chi connectivity index (χ2n) is 7.18. The van der Waals surface area contributed by atoms with Crippen molar-refractivity contribution in [3.05, 3.63) is 35.4 Å². The molecular weight excluding hydrogens is 441 g/mol. The van der Waals surface area contributed by atoms with E-state index in [2.05, 4.69) is 28.6 Å². The maximum absolute atomic E-state index is 11.0. The number of nitrogens with zero attached hydrogens (tertiary/aromatic N) is 1. The number of rotatable bonds is 9. The SMILES string of the molecule is CCNC(=NCC1(O)CCc2ccccc21)NCCCOCC1CC1.I. The summed E-state index contributed by atoms with van der Waals surface area (Å²) in [5, 5.41) is 17.6. The smallest absolute Gasteiger partial charge is 0.191 e. The molecule has 1 fully saturated rings. The fourth-order valence-corrected chi connectivity index (χ4v) is 3.30. The first-order valence-corrected chi connectivity index (χ1v) is 9.62. The molecule has 1 aromatic carbocycles. The molecule has 0 aromatic heterocycles. The number of guanidine groups is 1. The van der Waals surface area contributed by atoms with Crippen LogP contribution < -0.4 is 10.6 Å². The van der Waals surface area contributed by atoms with Crippen LogP contribution >= 0.6 is 24.0 Å². The van der Waals surface area contributed by atoms with Crippen LogP contribution in [0.2, 0.25) is 0 Å². The Labute approximate surface area is 174 Å². The van der Waals surface area contributed by atoms with Gasteiger partial charge < -0.3 is 20.5 Å². The van der Waals surface area contributed by atoms with Gasteiger partial charge in [-0.05, 0) is 56.1 Å². The number of ether oxygens (including phenoxy) is 1. The van der Waals surface area contributed by atoms with Gasteiger partial charge >= 0.3 is 0 Å². The number of aliphatic imine (C=N–C) groups is 1. The Hall–Kier alpha value is -0.860. The highest BCUT2D eigenvalue weighted by atomic mass is 127. The van der Waals surface area contributed by atoms with Crippen molar-refractivity contribution < 1.29 is 9.84 Å². The molecule has 1 saturated carbocycles. The van der Waals surface area contributed by atoms with Gasteiger partial charge in [0.1, 0.15) is 5.60 Å². The summed E-state index contributed by atoms with van der Waals surface area (Å²) in [7, 11) is 0. The maximum Gasteiger partial charge on any atom is 0.191 e. The number of fused-ring (bicyclic) bond motifs is 1. The van der Waals surface area contributed by atoms with E-state index >= 15 is 0 Å².